The molecule has 1 aromatic heterocycles. The van der Waals surface area contributed by atoms with Crippen molar-refractivity contribution < 1.29 is 14.3 Å². The predicted molar refractivity (Wildman–Crippen MR) is 100 cm³/mol. The van der Waals surface area contributed by atoms with E-state index in [9.17, 15) is 9.59 Å². The minimum atomic E-state index is -0.192. The smallest absolute Gasteiger partial charge is 0.346 e. The molecule has 1 aromatic carbocycles. The lowest BCUT2D eigenvalue weighted by atomic mass is 10.2. The van der Waals surface area contributed by atoms with E-state index in [1.807, 2.05) is 24.3 Å². The second-order valence-corrected chi connectivity index (χ2v) is 6.66. The van der Waals surface area contributed by atoms with Crippen molar-refractivity contribution in [3.8, 4) is 11.5 Å². The fourth-order valence-corrected chi connectivity index (χ4v) is 3.07. The molecule has 27 heavy (non-hydrogen) atoms. The summed E-state index contributed by atoms with van der Waals surface area (Å²) in [5.74, 6) is 2.10. The molecule has 1 aliphatic rings. The molecule has 0 saturated heterocycles. The Bertz CT molecular complexity index is 825. The topological polar surface area (TPSA) is 78.6 Å². The highest BCUT2D eigenvalue weighted by atomic mass is 16.5. The van der Waals surface area contributed by atoms with Gasteiger partial charge in [0, 0.05) is 20.0 Å². The molecule has 0 atom stereocenters. The first-order chi connectivity index (χ1) is 13.1. The Morgan fingerprint density at radius 2 is 1.93 bits per heavy atom. The van der Waals surface area contributed by atoms with Crippen LogP contribution in [0.25, 0.3) is 0 Å². The fourth-order valence-electron chi connectivity index (χ4n) is 3.07. The van der Waals surface area contributed by atoms with E-state index in [1.54, 1.807) is 23.6 Å². The van der Waals surface area contributed by atoms with Crippen molar-refractivity contribution in [1.82, 2.24) is 19.2 Å². The molecule has 3 rings (SSSR count). The van der Waals surface area contributed by atoms with Crippen LogP contribution in [0.15, 0.2) is 29.1 Å². The van der Waals surface area contributed by atoms with E-state index in [4.69, 9.17) is 9.47 Å². The molecular weight excluding hydrogens is 348 g/mol. The monoisotopic (exact) mass is 374 g/mol. The van der Waals surface area contributed by atoms with Crippen molar-refractivity contribution in [2.24, 2.45) is 0 Å². The lowest BCUT2D eigenvalue weighted by Crippen LogP contribution is -2.37. The van der Waals surface area contributed by atoms with E-state index < -0.39 is 0 Å². The molecule has 1 aliphatic heterocycles. The molecular formula is C19H26N4O4. The number of carbonyl (C=O) groups excluding carboxylic acids is 1. The van der Waals surface area contributed by atoms with Gasteiger partial charge in [0.05, 0.1) is 13.7 Å². The SMILES string of the molecule is COc1ccc(OCCN(C)C(=O)Cn2nc3n(c2=O)CCCCC3)cc1. The second kappa shape index (κ2) is 8.75. The van der Waals surface area contributed by atoms with Gasteiger partial charge < -0.3 is 14.4 Å². The molecule has 8 heteroatoms. The van der Waals surface area contributed by atoms with Crippen LogP contribution in [0, 0.1) is 0 Å². The molecule has 2 heterocycles. The Labute approximate surface area is 158 Å². The Kier molecular flexibility index (Phi) is 6.16. The molecule has 1 amide bonds. The van der Waals surface area contributed by atoms with E-state index in [0.717, 1.165) is 37.3 Å². The minimum absolute atomic E-state index is 0.0438. The summed E-state index contributed by atoms with van der Waals surface area (Å²) in [6, 6.07) is 7.27. The number of aromatic nitrogens is 3. The molecule has 2 aromatic rings. The van der Waals surface area contributed by atoms with Gasteiger partial charge in [-0.25, -0.2) is 9.48 Å². The molecule has 0 radical (unpaired) electrons. The summed E-state index contributed by atoms with van der Waals surface area (Å²) in [6.45, 7) is 1.43. The molecule has 0 saturated carbocycles. The van der Waals surface area contributed by atoms with Gasteiger partial charge in [-0.3, -0.25) is 9.36 Å². The number of likely N-dealkylation sites (N-methyl/N-ethyl adjacent to an activating group) is 1. The Hall–Kier alpha value is -2.77. The average molecular weight is 374 g/mol. The summed E-state index contributed by atoms with van der Waals surface area (Å²) >= 11 is 0. The Morgan fingerprint density at radius 1 is 1.19 bits per heavy atom. The molecule has 0 spiro atoms. The minimum Gasteiger partial charge on any atom is -0.497 e. The fraction of sp³-hybridized carbons (Fsp3) is 0.526. The molecule has 0 fully saturated rings. The first-order valence-corrected chi connectivity index (χ1v) is 9.26. The standard InChI is InChI=1S/C19H26N4O4/c1-21(12-13-27-16-9-7-15(26-2)8-10-16)18(24)14-23-19(25)22-11-5-3-4-6-17(22)20-23/h7-10H,3-6,11-14H2,1-2H3. The maximum absolute atomic E-state index is 12.4. The zero-order valence-electron chi connectivity index (χ0n) is 15.9. The number of nitrogens with zero attached hydrogens (tertiary/aromatic N) is 4. The number of hydrogen-bond acceptors (Lipinski definition) is 5. The van der Waals surface area contributed by atoms with Crippen molar-refractivity contribution in [2.75, 3.05) is 27.3 Å². The summed E-state index contributed by atoms with van der Waals surface area (Å²) in [4.78, 5) is 26.4. The summed E-state index contributed by atoms with van der Waals surface area (Å²) in [5.41, 5.74) is -0.192. The number of carbonyl (C=O) groups is 1. The average Bonchev–Trinajstić information content (AvgIpc) is 2.85. The van der Waals surface area contributed by atoms with Crippen LogP contribution in [-0.2, 0) is 24.3 Å². The Morgan fingerprint density at radius 3 is 2.67 bits per heavy atom. The van der Waals surface area contributed by atoms with Crippen LogP contribution in [0.2, 0.25) is 0 Å². The maximum atomic E-state index is 12.4. The van der Waals surface area contributed by atoms with Gasteiger partial charge >= 0.3 is 5.69 Å². The molecule has 0 aliphatic carbocycles. The third-order valence-electron chi connectivity index (χ3n) is 4.75. The first-order valence-electron chi connectivity index (χ1n) is 9.26. The van der Waals surface area contributed by atoms with E-state index in [-0.39, 0.29) is 18.1 Å². The number of benzene rings is 1. The van der Waals surface area contributed by atoms with Gasteiger partial charge in [-0.2, -0.15) is 5.10 Å². The van der Waals surface area contributed by atoms with E-state index >= 15 is 0 Å². The Balaban J connectivity index is 1.51. The predicted octanol–water partition coefficient (Wildman–Crippen LogP) is 1.32. The third kappa shape index (κ3) is 4.69. The van der Waals surface area contributed by atoms with Gasteiger partial charge in [0.15, 0.2) is 0 Å². The number of methoxy groups -OCH3 is 1. The van der Waals surface area contributed by atoms with Crippen LogP contribution in [0.1, 0.15) is 25.1 Å². The van der Waals surface area contributed by atoms with Crippen LogP contribution < -0.4 is 15.2 Å². The van der Waals surface area contributed by atoms with Crippen LogP contribution in [-0.4, -0.2) is 52.5 Å². The van der Waals surface area contributed by atoms with Crippen molar-refractivity contribution in [3.63, 3.8) is 0 Å². The maximum Gasteiger partial charge on any atom is 0.346 e. The number of rotatable bonds is 7. The molecule has 0 unspecified atom stereocenters. The summed E-state index contributed by atoms with van der Waals surface area (Å²) < 4.78 is 13.7. The first kappa shape index (κ1) is 19.0. The van der Waals surface area contributed by atoms with Crippen molar-refractivity contribution in [2.45, 2.75) is 38.8 Å². The highest BCUT2D eigenvalue weighted by Crippen LogP contribution is 2.16. The van der Waals surface area contributed by atoms with Crippen LogP contribution >= 0.6 is 0 Å². The quantitative estimate of drug-likeness (QED) is 0.730. The highest BCUT2D eigenvalue weighted by Gasteiger charge is 2.18. The van der Waals surface area contributed by atoms with Gasteiger partial charge in [-0.15, -0.1) is 0 Å². The van der Waals surface area contributed by atoms with Gasteiger partial charge in [-0.05, 0) is 37.1 Å². The number of ether oxygens (including phenoxy) is 2. The van der Waals surface area contributed by atoms with Gasteiger partial charge in [0.1, 0.15) is 30.5 Å². The van der Waals surface area contributed by atoms with E-state index in [2.05, 4.69) is 5.10 Å². The zero-order valence-corrected chi connectivity index (χ0v) is 15.9. The van der Waals surface area contributed by atoms with Crippen LogP contribution in [0.4, 0.5) is 0 Å². The molecule has 8 nitrogen and oxygen atoms in total. The molecule has 0 N–H and O–H groups in total. The van der Waals surface area contributed by atoms with Gasteiger partial charge in [-0.1, -0.05) is 6.42 Å². The third-order valence-corrected chi connectivity index (χ3v) is 4.75. The normalized spacial score (nSPS) is 13.6. The highest BCUT2D eigenvalue weighted by molar-refractivity contribution is 5.75. The van der Waals surface area contributed by atoms with Crippen molar-refractivity contribution >= 4 is 5.91 Å². The number of fused-ring (bicyclic) bond motifs is 1. The van der Waals surface area contributed by atoms with Crippen LogP contribution in [0.5, 0.6) is 11.5 Å². The lowest BCUT2D eigenvalue weighted by Gasteiger charge is -2.17. The zero-order chi connectivity index (χ0) is 19.2. The number of aryl methyl sites for hydroxylation is 1. The van der Waals surface area contributed by atoms with Crippen molar-refractivity contribution in [3.05, 3.63) is 40.6 Å². The lowest BCUT2D eigenvalue weighted by molar-refractivity contribution is -0.131. The van der Waals surface area contributed by atoms with Gasteiger partial charge in [0.25, 0.3) is 0 Å². The van der Waals surface area contributed by atoms with Gasteiger partial charge in [0.2, 0.25) is 5.91 Å². The molecule has 146 valence electrons. The van der Waals surface area contributed by atoms with E-state index in [0.29, 0.717) is 25.4 Å². The number of hydrogen-bond donors (Lipinski definition) is 0. The largest absolute Gasteiger partial charge is 0.497 e. The van der Waals surface area contributed by atoms with Crippen LogP contribution in [0.3, 0.4) is 0 Å². The van der Waals surface area contributed by atoms with Crippen molar-refractivity contribution in [1.29, 1.82) is 0 Å². The number of amides is 1. The van der Waals surface area contributed by atoms with E-state index in [1.165, 1.54) is 4.68 Å². The summed E-state index contributed by atoms with van der Waals surface area (Å²) in [7, 11) is 3.31. The molecule has 0 bridgehead atoms. The second-order valence-electron chi connectivity index (χ2n) is 6.66. The summed E-state index contributed by atoms with van der Waals surface area (Å²) in [5, 5.41) is 4.35. The summed E-state index contributed by atoms with van der Waals surface area (Å²) in [6.07, 6.45) is 3.92.